The molecule has 0 aromatic carbocycles. The second-order valence-corrected chi connectivity index (χ2v) is 2.35. The largest absolute Gasteiger partial charge is 0.312 e. The first-order valence-electron chi connectivity index (χ1n) is 3.91. The van der Waals surface area contributed by atoms with Gasteiger partial charge < -0.3 is 5.32 Å². The zero-order chi connectivity index (χ0) is 9.40. The number of rotatable bonds is 5. The molecule has 0 fully saturated rings. The summed E-state index contributed by atoms with van der Waals surface area (Å²) in [6.07, 6.45) is 6.92. The van der Waals surface area contributed by atoms with Crippen LogP contribution in [0.15, 0.2) is 42.6 Å². The highest BCUT2D eigenvalue weighted by Gasteiger charge is 2.01. The molecule has 0 aliphatic heterocycles. The van der Waals surface area contributed by atoms with Gasteiger partial charge in [0.1, 0.15) is 0 Å². The van der Waals surface area contributed by atoms with Gasteiger partial charge in [0.2, 0.25) is 0 Å². The quantitative estimate of drug-likeness (QED) is 0.487. The van der Waals surface area contributed by atoms with Crippen LogP contribution in [-0.4, -0.2) is 18.8 Å². The van der Waals surface area contributed by atoms with E-state index in [9.17, 15) is 0 Å². The van der Waals surface area contributed by atoms with Crippen LogP contribution < -0.4 is 5.32 Å². The second-order valence-electron chi connectivity index (χ2n) is 2.35. The highest BCUT2D eigenvalue weighted by Crippen LogP contribution is 1.90. The average Bonchev–Trinajstić information content (AvgIpc) is 2.11. The Kier molecular flexibility index (Phi) is 5.93. The molecule has 0 saturated heterocycles. The minimum absolute atomic E-state index is 0.233. The first-order valence-corrected chi connectivity index (χ1v) is 3.91. The summed E-state index contributed by atoms with van der Waals surface area (Å²) in [6.45, 7) is 9.26. The summed E-state index contributed by atoms with van der Waals surface area (Å²) in [5.41, 5.74) is 0.926. The fraction of sp³-hybridized carbons (Fsp3) is 0.300. The topological polar surface area (TPSA) is 24.4 Å². The van der Waals surface area contributed by atoms with Gasteiger partial charge in [-0.05, 0) is 26.1 Å². The Balaban J connectivity index is 4.31. The van der Waals surface area contributed by atoms with Crippen molar-refractivity contribution in [3.8, 4) is 0 Å². The van der Waals surface area contributed by atoms with Gasteiger partial charge in [-0.3, -0.25) is 4.99 Å². The van der Waals surface area contributed by atoms with E-state index in [-0.39, 0.29) is 6.04 Å². The highest BCUT2D eigenvalue weighted by molar-refractivity contribution is 5.98. The average molecular weight is 164 g/mol. The van der Waals surface area contributed by atoms with Crippen LogP contribution in [0, 0.1) is 0 Å². The van der Waals surface area contributed by atoms with Crippen molar-refractivity contribution in [2.75, 3.05) is 7.05 Å². The first kappa shape index (κ1) is 10.8. The monoisotopic (exact) mass is 164 g/mol. The number of aliphatic imine (C=N–C) groups is 1. The highest BCUT2D eigenvalue weighted by atomic mass is 14.9. The molecule has 0 aliphatic rings. The third-order valence-corrected chi connectivity index (χ3v) is 1.53. The summed E-state index contributed by atoms with van der Waals surface area (Å²) in [7, 11) is 1.89. The molecule has 0 saturated carbocycles. The van der Waals surface area contributed by atoms with Crippen molar-refractivity contribution < 1.29 is 0 Å². The molecule has 2 heteroatoms. The lowest BCUT2D eigenvalue weighted by molar-refractivity contribution is 0.765. The van der Waals surface area contributed by atoms with Crippen LogP contribution in [0.5, 0.6) is 0 Å². The van der Waals surface area contributed by atoms with Crippen molar-refractivity contribution in [2.45, 2.75) is 13.0 Å². The molecule has 0 heterocycles. The van der Waals surface area contributed by atoms with Gasteiger partial charge in [-0.1, -0.05) is 19.2 Å². The van der Waals surface area contributed by atoms with Gasteiger partial charge in [-0.2, -0.15) is 0 Å². The normalized spacial score (nSPS) is 14.7. The smallest absolute Gasteiger partial charge is 0.0564 e. The van der Waals surface area contributed by atoms with Crippen molar-refractivity contribution in [2.24, 2.45) is 4.99 Å². The maximum absolute atomic E-state index is 4.19. The summed E-state index contributed by atoms with van der Waals surface area (Å²) in [4.78, 5) is 4.19. The molecule has 0 radical (unpaired) electrons. The van der Waals surface area contributed by atoms with Gasteiger partial charge in [-0.25, -0.2) is 0 Å². The molecule has 12 heavy (non-hydrogen) atoms. The second kappa shape index (κ2) is 6.55. The van der Waals surface area contributed by atoms with E-state index in [2.05, 4.69) is 23.5 Å². The summed E-state index contributed by atoms with van der Waals surface area (Å²) < 4.78 is 0. The summed E-state index contributed by atoms with van der Waals surface area (Å²) >= 11 is 0. The Labute approximate surface area is 74.4 Å². The first-order chi connectivity index (χ1) is 5.76. The third kappa shape index (κ3) is 3.88. The number of hydrogen-bond donors (Lipinski definition) is 1. The number of hydrogen-bond acceptors (Lipinski definition) is 2. The van der Waals surface area contributed by atoms with Crippen LogP contribution in [0.1, 0.15) is 6.92 Å². The fourth-order valence-electron chi connectivity index (χ4n) is 0.679. The standard InChI is InChI=1S/C10H16N2/c1-5-7-8-12-10(6-2)9(3)11-4/h5-9,11H,1-2H2,3-4H3/b8-7-,12-10?. The van der Waals surface area contributed by atoms with Crippen molar-refractivity contribution in [3.63, 3.8) is 0 Å². The van der Waals surface area contributed by atoms with Crippen molar-refractivity contribution >= 4 is 5.71 Å². The molecule has 0 aromatic rings. The molecule has 0 aromatic heterocycles. The molecule has 0 aliphatic carbocycles. The van der Waals surface area contributed by atoms with Gasteiger partial charge in [-0.15, -0.1) is 0 Å². The SMILES string of the molecule is C=C/C=C\N=C(C=C)C(C)NC. The van der Waals surface area contributed by atoms with E-state index in [1.165, 1.54) is 0 Å². The summed E-state index contributed by atoms with van der Waals surface area (Å²) in [5, 5.41) is 3.08. The van der Waals surface area contributed by atoms with Crippen LogP contribution in [-0.2, 0) is 0 Å². The Morgan fingerprint density at radius 1 is 1.50 bits per heavy atom. The Bertz CT molecular complexity index is 202. The molecule has 0 bridgehead atoms. The van der Waals surface area contributed by atoms with E-state index in [1.54, 1.807) is 24.4 Å². The van der Waals surface area contributed by atoms with Crippen molar-refractivity contribution in [1.82, 2.24) is 5.32 Å². The third-order valence-electron chi connectivity index (χ3n) is 1.53. The minimum Gasteiger partial charge on any atom is -0.312 e. The molecule has 1 atom stereocenters. The minimum atomic E-state index is 0.233. The Morgan fingerprint density at radius 3 is 2.58 bits per heavy atom. The molecule has 66 valence electrons. The molecule has 1 N–H and O–H groups in total. The van der Waals surface area contributed by atoms with Gasteiger partial charge in [0.15, 0.2) is 0 Å². The molecule has 0 amide bonds. The van der Waals surface area contributed by atoms with Gasteiger partial charge in [0.05, 0.1) is 5.71 Å². The van der Waals surface area contributed by atoms with Crippen LogP contribution >= 0.6 is 0 Å². The fourth-order valence-corrected chi connectivity index (χ4v) is 0.679. The lowest BCUT2D eigenvalue weighted by Gasteiger charge is -2.08. The lowest BCUT2D eigenvalue weighted by atomic mass is 10.2. The van der Waals surface area contributed by atoms with Crippen LogP contribution in [0.25, 0.3) is 0 Å². The number of allylic oxidation sites excluding steroid dienone is 2. The predicted octanol–water partition coefficient (Wildman–Crippen LogP) is 1.92. The van der Waals surface area contributed by atoms with Crippen LogP contribution in [0.2, 0.25) is 0 Å². The van der Waals surface area contributed by atoms with Crippen LogP contribution in [0.4, 0.5) is 0 Å². The lowest BCUT2D eigenvalue weighted by Crippen LogP contribution is -2.29. The maximum Gasteiger partial charge on any atom is 0.0564 e. The van der Waals surface area contributed by atoms with E-state index in [0.717, 1.165) is 5.71 Å². The molecule has 2 nitrogen and oxygen atoms in total. The Hall–Kier alpha value is -1.15. The Morgan fingerprint density at radius 2 is 2.17 bits per heavy atom. The van der Waals surface area contributed by atoms with E-state index >= 15 is 0 Å². The number of nitrogens with one attached hydrogen (secondary N) is 1. The van der Waals surface area contributed by atoms with Gasteiger partial charge in [0, 0.05) is 12.2 Å². The van der Waals surface area contributed by atoms with Crippen molar-refractivity contribution in [3.05, 3.63) is 37.6 Å². The zero-order valence-corrected chi connectivity index (χ0v) is 7.75. The zero-order valence-electron chi connectivity index (χ0n) is 7.75. The van der Waals surface area contributed by atoms with Gasteiger partial charge >= 0.3 is 0 Å². The summed E-state index contributed by atoms with van der Waals surface area (Å²) in [6, 6.07) is 0.233. The molecule has 0 rings (SSSR count). The van der Waals surface area contributed by atoms with Gasteiger partial charge in [0.25, 0.3) is 0 Å². The summed E-state index contributed by atoms with van der Waals surface area (Å²) in [5.74, 6) is 0. The molecule has 1 unspecified atom stereocenters. The van der Waals surface area contributed by atoms with E-state index in [0.29, 0.717) is 0 Å². The van der Waals surface area contributed by atoms with E-state index in [1.807, 2.05) is 14.0 Å². The maximum atomic E-state index is 4.19. The number of nitrogens with zero attached hydrogens (tertiary/aromatic N) is 1. The van der Waals surface area contributed by atoms with E-state index in [4.69, 9.17) is 0 Å². The molecule has 0 spiro atoms. The molecular formula is C10H16N2. The van der Waals surface area contributed by atoms with E-state index < -0.39 is 0 Å². The molecular weight excluding hydrogens is 148 g/mol. The predicted molar refractivity (Wildman–Crippen MR) is 55.5 cm³/mol. The van der Waals surface area contributed by atoms with Crippen LogP contribution in [0.3, 0.4) is 0 Å². The van der Waals surface area contributed by atoms with Crippen molar-refractivity contribution in [1.29, 1.82) is 0 Å².